The van der Waals surface area contributed by atoms with Gasteiger partial charge in [-0.1, -0.05) is 60.7 Å². The van der Waals surface area contributed by atoms with E-state index in [4.69, 9.17) is 4.74 Å². The van der Waals surface area contributed by atoms with E-state index < -0.39 is 18.1 Å². The van der Waals surface area contributed by atoms with Crippen LogP contribution in [-0.4, -0.2) is 34.7 Å². The van der Waals surface area contributed by atoms with Gasteiger partial charge in [0, 0.05) is 0 Å². The van der Waals surface area contributed by atoms with Crippen LogP contribution in [0.15, 0.2) is 60.7 Å². The maximum absolute atomic E-state index is 12.5. The van der Waals surface area contributed by atoms with Gasteiger partial charge in [-0.3, -0.25) is 4.79 Å². The number of imide groups is 1. The summed E-state index contributed by atoms with van der Waals surface area (Å²) in [6, 6.07) is 18.2. The highest BCUT2D eigenvalue weighted by Crippen LogP contribution is 2.22. The summed E-state index contributed by atoms with van der Waals surface area (Å²) in [6.45, 7) is 0.181. The molecule has 124 valence electrons. The summed E-state index contributed by atoms with van der Waals surface area (Å²) in [5.41, 5.74) is 1.68. The summed E-state index contributed by atoms with van der Waals surface area (Å²) in [6.07, 6.45) is -1.19. The van der Waals surface area contributed by atoms with Crippen LogP contribution in [0, 0.1) is 0 Å². The van der Waals surface area contributed by atoms with Gasteiger partial charge in [0.2, 0.25) is 5.91 Å². The molecule has 24 heavy (non-hydrogen) atoms. The molecule has 2 aromatic rings. The molecule has 1 N–H and O–H groups in total. The van der Waals surface area contributed by atoms with Crippen LogP contribution in [0.4, 0.5) is 4.79 Å². The van der Waals surface area contributed by atoms with Crippen LogP contribution in [0.25, 0.3) is 0 Å². The highest BCUT2D eigenvalue weighted by Gasteiger charge is 2.38. The second kappa shape index (κ2) is 7.27. The second-order valence-electron chi connectivity index (χ2n) is 5.81. The van der Waals surface area contributed by atoms with Crippen LogP contribution >= 0.6 is 0 Å². The van der Waals surface area contributed by atoms with E-state index in [1.54, 1.807) is 24.3 Å². The Bertz CT molecular complexity index is 702. The molecular formula is C19H19NO4. The molecule has 2 aromatic carbocycles. The number of rotatable bonds is 5. The van der Waals surface area contributed by atoms with Gasteiger partial charge in [0.05, 0.1) is 18.6 Å². The summed E-state index contributed by atoms with van der Waals surface area (Å²) in [7, 11) is 0. The normalized spacial score (nSPS) is 18.3. The number of hydrogen-bond acceptors (Lipinski definition) is 4. The van der Waals surface area contributed by atoms with Crippen LogP contribution in [0.2, 0.25) is 0 Å². The Morgan fingerprint density at radius 2 is 1.75 bits per heavy atom. The minimum Gasteiger partial charge on any atom is -0.447 e. The highest BCUT2D eigenvalue weighted by molar-refractivity contribution is 5.93. The first-order valence-corrected chi connectivity index (χ1v) is 7.91. The first kappa shape index (κ1) is 16.2. The van der Waals surface area contributed by atoms with Gasteiger partial charge in [0.25, 0.3) is 0 Å². The van der Waals surface area contributed by atoms with Gasteiger partial charge in [-0.05, 0) is 17.5 Å². The number of nitrogens with zero attached hydrogens (tertiary/aromatic N) is 1. The Morgan fingerprint density at radius 1 is 1.12 bits per heavy atom. The molecule has 0 radical (unpaired) electrons. The number of hydrogen-bond donors (Lipinski definition) is 1. The third-order valence-corrected chi connectivity index (χ3v) is 4.10. The standard InChI is InChI=1S/C19H19NO4/c21-17(15-9-5-2-6-10-15)12-18(22)20-16(13-24-19(20)23)11-14-7-3-1-4-8-14/h1-10,16-17,21H,11-13H2. The van der Waals surface area contributed by atoms with Crippen LogP contribution in [0.3, 0.4) is 0 Å². The molecule has 1 aliphatic heterocycles. The number of ether oxygens (including phenoxy) is 1. The number of cyclic esters (lactones) is 1. The third kappa shape index (κ3) is 3.63. The van der Waals surface area contributed by atoms with E-state index in [9.17, 15) is 14.7 Å². The first-order chi connectivity index (χ1) is 11.6. The zero-order valence-electron chi connectivity index (χ0n) is 13.2. The maximum atomic E-state index is 12.5. The third-order valence-electron chi connectivity index (χ3n) is 4.10. The van der Waals surface area contributed by atoms with Crippen molar-refractivity contribution in [2.75, 3.05) is 6.61 Å². The van der Waals surface area contributed by atoms with Crippen molar-refractivity contribution in [3.63, 3.8) is 0 Å². The highest BCUT2D eigenvalue weighted by atomic mass is 16.6. The van der Waals surface area contributed by atoms with E-state index in [0.29, 0.717) is 12.0 Å². The van der Waals surface area contributed by atoms with Gasteiger partial charge in [-0.25, -0.2) is 9.69 Å². The van der Waals surface area contributed by atoms with Crippen LogP contribution in [0.1, 0.15) is 23.7 Å². The molecule has 1 saturated heterocycles. The number of benzene rings is 2. The predicted octanol–water partition coefficient (Wildman–Crippen LogP) is 2.70. The fourth-order valence-corrected chi connectivity index (χ4v) is 2.86. The Hall–Kier alpha value is -2.66. The first-order valence-electron chi connectivity index (χ1n) is 7.91. The summed E-state index contributed by atoms with van der Waals surface area (Å²) in [5.74, 6) is -0.421. The number of carbonyl (C=O) groups is 2. The van der Waals surface area contributed by atoms with E-state index in [1.807, 2.05) is 36.4 Å². The lowest BCUT2D eigenvalue weighted by Crippen LogP contribution is -2.40. The molecule has 2 atom stereocenters. The van der Waals surface area contributed by atoms with Gasteiger partial charge in [0.1, 0.15) is 6.61 Å². The number of carbonyl (C=O) groups excluding carboxylic acids is 2. The van der Waals surface area contributed by atoms with Gasteiger partial charge >= 0.3 is 6.09 Å². The number of amides is 2. The van der Waals surface area contributed by atoms with Gasteiger partial charge in [0.15, 0.2) is 0 Å². The van der Waals surface area contributed by atoms with E-state index in [-0.39, 0.29) is 19.1 Å². The number of aliphatic hydroxyl groups is 1. The molecule has 5 nitrogen and oxygen atoms in total. The summed E-state index contributed by atoms with van der Waals surface area (Å²) in [4.78, 5) is 25.6. The Labute approximate surface area is 140 Å². The van der Waals surface area contributed by atoms with Crippen molar-refractivity contribution >= 4 is 12.0 Å². The minimum atomic E-state index is -0.940. The lowest BCUT2D eigenvalue weighted by atomic mass is 10.0. The molecule has 0 spiro atoms. The average Bonchev–Trinajstić information content (AvgIpc) is 2.97. The summed E-state index contributed by atoms with van der Waals surface area (Å²) in [5, 5.41) is 10.2. The zero-order chi connectivity index (χ0) is 16.9. The van der Waals surface area contributed by atoms with Crippen LogP contribution in [0.5, 0.6) is 0 Å². The molecule has 0 aliphatic carbocycles. The minimum absolute atomic E-state index is 0.148. The molecule has 1 heterocycles. The second-order valence-corrected chi connectivity index (χ2v) is 5.81. The van der Waals surface area contributed by atoms with Gasteiger partial charge in [-0.15, -0.1) is 0 Å². The van der Waals surface area contributed by atoms with E-state index in [0.717, 1.165) is 10.5 Å². The molecular weight excluding hydrogens is 306 g/mol. The van der Waals surface area contributed by atoms with Crippen molar-refractivity contribution in [2.45, 2.75) is 25.0 Å². The maximum Gasteiger partial charge on any atom is 0.416 e. The van der Waals surface area contributed by atoms with E-state index in [2.05, 4.69) is 0 Å². The van der Waals surface area contributed by atoms with Gasteiger partial charge < -0.3 is 9.84 Å². The summed E-state index contributed by atoms with van der Waals surface area (Å²) < 4.78 is 5.04. The van der Waals surface area contributed by atoms with Crippen molar-refractivity contribution in [3.05, 3.63) is 71.8 Å². The van der Waals surface area contributed by atoms with Crippen molar-refractivity contribution in [1.29, 1.82) is 0 Å². The van der Waals surface area contributed by atoms with Crippen LogP contribution in [-0.2, 0) is 16.0 Å². The lowest BCUT2D eigenvalue weighted by Gasteiger charge is -2.21. The van der Waals surface area contributed by atoms with E-state index in [1.165, 1.54) is 0 Å². The largest absolute Gasteiger partial charge is 0.447 e. The lowest BCUT2D eigenvalue weighted by molar-refractivity contribution is -0.131. The molecule has 2 amide bonds. The Morgan fingerprint density at radius 3 is 2.42 bits per heavy atom. The molecule has 2 unspecified atom stereocenters. The monoisotopic (exact) mass is 325 g/mol. The molecule has 0 aromatic heterocycles. The fourth-order valence-electron chi connectivity index (χ4n) is 2.86. The summed E-state index contributed by atoms with van der Waals surface area (Å²) >= 11 is 0. The average molecular weight is 325 g/mol. The van der Waals surface area contributed by atoms with Crippen molar-refractivity contribution in [2.24, 2.45) is 0 Å². The molecule has 1 fully saturated rings. The topological polar surface area (TPSA) is 66.8 Å². The smallest absolute Gasteiger partial charge is 0.416 e. The SMILES string of the molecule is O=C(CC(O)c1ccccc1)N1C(=O)OCC1Cc1ccccc1. The van der Waals surface area contributed by atoms with Crippen molar-refractivity contribution in [3.8, 4) is 0 Å². The van der Waals surface area contributed by atoms with Crippen LogP contribution < -0.4 is 0 Å². The predicted molar refractivity (Wildman–Crippen MR) is 88.1 cm³/mol. The van der Waals surface area contributed by atoms with Gasteiger partial charge in [-0.2, -0.15) is 0 Å². The zero-order valence-corrected chi connectivity index (χ0v) is 13.2. The molecule has 5 heteroatoms. The molecule has 1 aliphatic rings. The number of aliphatic hydroxyl groups excluding tert-OH is 1. The van der Waals surface area contributed by atoms with Crippen molar-refractivity contribution < 1.29 is 19.4 Å². The molecule has 3 rings (SSSR count). The quantitative estimate of drug-likeness (QED) is 0.918. The Balaban J connectivity index is 1.68. The van der Waals surface area contributed by atoms with Crippen molar-refractivity contribution in [1.82, 2.24) is 4.90 Å². The molecule has 0 saturated carbocycles. The van der Waals surface area contributed by atoms with E-state index >= 15 is 0 Å². The molecule has 0 bridgehead atoms. The fraction of sp³-hybridized carbons (Fsp3) is 0.263. The Kier molecular flexibility index (Phi) is 4.91.